The van der Waals surface area contributed by atoms with Gasteiger partial charge < -0.3 is 15.2 Å². The van der Waals surface area contributed by atoms with Crippen molar-refractivity contribution >= 4 is 5.91 Å². The molecule has 0 aliphatic heterocycles. The Morgan fingerprint density at radius 3 is 3.06 bits per heavy atom. The van der Waals surface area contributed by atoms with Crippen LogP contribution in [0.5, 0.6) is 0 Å². The largest absolute Gasteiger partial charge is 0.359 e. The van der Waals surface area contributed by atoms with Crippen LogP contribution in [0.4, 0.5) is 0 Å². The van der Waals surface area contributed by atoms with Gasteiger partial charge in [-0.15, -0.1) is 10.2 Å². The third-order valence-electron chi connectivity index (χ3n) is 2.36. The molecule has 1 aromatic heterocycles. The minimum Gasteiger partial charge on any atom is -0.359 e. The van der Waals surface area contributed by atoms with Gasteiger partial charge in [-0.05, 0) is 19.9 Å². The average Bonchev–Trinajstić information content (AvgIpc) is 2.75. The topological polar surface area (TPSA) is 71.8 Å². The standard InChI is InChI=1S/C10H19N5O/c1-3-15-8-13-14-9(15)7-12-6-4-5-10(16)11-2/h8,12H,3-7H2,1-2H3,(H,11,16). The molecular formula is C10H19N5O. The lowest BCUT2D eigenvalue weighted by molar-refractivity contribution is -0.120. The van der Waals surface area contributed by atoms with E-state index in [0.717, 1.165) is 25.3 Å². The van der Waals surface area contributed by atoms with Gasteiger partial charge in [-0.25, -0.2) is 0 Å². The second-order valence-corrected chi connectivity index (χ2v) is 3.49. The maximum absolute atomic E-state index is 10.9. The highest BCUT2D eigenvalue weighted by molar-refractivity contribution is 5.75. The first kappa shape index (κ1) is 12.6. The lowest BCUT2D eigenvalue weighted by Gasteiger charge is -2.05. The molecule has 0 radical (unpaired) electrons. The summed E-state index contributed by atoms with van der Waals surface area (Å²) in [4.78, 5) is 10.9. The Labute approximate surface area is 95.4 Å². The van der Waals surface area contributed by atoms with E-state index in [-0.39, 0.29) is 5.91 Å². The number of nitrogens with one attached hydrogen (secondary N) is 2. The number of nitrogens with zero attached hydrogens (tertiary/aromatic N) is 3. The minimum atomic E-state index is 0.0820. The van der Waals surface area contributed by atoms with Crippen LogP contribution in [-0.4, -0.2) is 34.3 Å². The molecule has 0 aromatic carbocycles. The molecule has 1 aromatic rings. The van der Waals surface area contributed by atoms with Crippen LogP contribution in [0.2, 0.25) is 0 Å². The number of carbonyl (C=O) groups is 1. The molecule has 0 bridgehead atoms. The molecule has 6 heteroatoms. The molecule has 0 saturated heterocycles. The molecule has 0 atom stereocenters. The van der Waals surface area contributed by atoms with Gasteiger partial charge in [0.2, 0.25) is 5.91 Å². The Balaban J connectivity index is 2.14. The van der Waals surface area contributed by atoms with E-state index in [4.69, 9.17) is 0 Å². The highest BCUT2D eigenvalue weighted by Gasteiger charge is 2.01. The third-order valence-corrected chi connectivity index (χ3v) is 2.36. The van der Waals surface area contributed by atoms with E-state index in [9.17, 15) is 4.79 Å². The highest BCUT2D eigenvalue weighted by Crippen LogP contribution is 1.94. The fourth-order valence-electron chi connectivity index (χ4n) is 1.38. The summed E-state index contributed by atoms with van der Waals surface area (Å²) in [6, 6.07) is 0. The Morgan fingerprint density at radius 1 is 1.56 bits per heavy atom. The molecule has 2 N–H and O–H groups in total. The number of amides is 1. The molecule has 1 amide bonds. The van der Waals surface area contributed by atoms with Crippen molar-refractivity contribution in [3.63, 3.8) is 0 Å². The van der Waals surface area contributed by atoms with Crippen LogP contribution < -0.4 is 10.6 Å². The van der Waals surface area contributed by atoms with Crippen LogP contribution in [0, 0.1) is 0 Å². The quantitative estimate of drug-likeness (QED) is 0.636. The summed E-state index contributed by atoms with van der Waals surface area (Å²) in [6.45, 7) is 4.44. The zero-order valence-electron chi connectivity index (χ0n) is 9.86. The maximum Gasteiger partial charge on any atom is 0.219 e. The first-order chi connectivity index (χ1) is 7.77. The number of carbonyl (C=O) groups excluding carboxylic acids is 1. The van der Waals surface area contributed by atoms with Gasteiger partial charge in [-0.3, -0.25) is 4.79 Å². The third kappa shape index (κ3) is 3.98. The molecule has 1 heterocycles. The van der Waals surface area contributed by atoms with Crippen molar-refractivity contribution in [2.45, 2.75) is 32.9 Å². The van der Waals surface area contributed by atoms with Gasteiger partial charge >= 0.3 is 0 Å². The first-order valence-corrected chi connectivity index (χ1v) is 5.56. The van der Waals surface area contributed by atoms with Crippen LogP contribution in [0.25, 0.3) is 0 Å². The summed E-state index contributed by atoms with van der Waals surface area (Å²) >= 11 is 0. The van der Waals surface area contributed by atoms with Gasteiger partial charge in [0.25, 0.3) is 0 Å². The lowest BCUT2D eigenvalue weighted by atomic mass is 10.3. The van der Waals surface area contributed by atoms with Crippen molar-refractivity contribution in [3.8, 4) is 0 Å². The van der Waals surface area contributed by atoms with E-state index in [1.165, 1.54) is 0 Å². The maximum atomic E-state index is 10.9. The van der Waals surface area contributed by atoms with Crippen molar-refractivity contribution in [1.29, 1.82) is 0 Å². The van der Waals surface area contributed by atoms with Gasteiger partial charge in [0.1, 0.15) is 12.2 Å². The van der Waals surface area contributed by atoms with Gasteiger partial charge in [0.15, 0.2) is 0 Å². The Bertz CT molecular complexity index is 323. The summed E-state index contributed by atoms with van der Waals surface area (Å²) in [7, 11) is 1.65. The molecule has 16 heavy (non-hydrogen) atoms. The summed E-state index contributed by atoms with van der Waals surface area (Å²) < 4.78 is 1.99. The average molecular weight is 225 g/mol. The van der Waals surface area contributed by atoms with E-state index in [1.54, 1.807) is 13.4 Å². The van der Waals surface area contributed by atoms with Crippen molar-refractivity contribution in [2.24, 2.45) is 0 Å². The zero-order valence-corrected chi connectivity index (χ0v) is 9.86. The number of rotatable bonds is 7. The van der Waals surface area contributed by atoms with Crippen LogP contribution in [0.3, 0.4) is 0 Å². The van der Waals surface area contributed by atoms with Crippen LogP contribution >= 0.6 is 0 Å². The second kappa shape index (κ2) is 6.95. The van der Waals surface area contributed by atoms with Crippen LogP contribution in [-0.2, 0) is 17.9 Å². The molecule has 0 unspecified atom stereocenters. The molecule has 0 spiro atoms. The first-order valence-electron chi connectivity index (χ1n) is 5.56. The van der Waals surface area contributed by atoms with Crippen molar-refractivity contribution in [2.75, 3.05) is 13.6 Å². The molecular weight excluding hydrogens is 206 g/mol. The summed E-state index contributed by atoms with van der Waals surface area (Å²) in [5, 5.41) is 13.7. The number of aryl methyl sites for hydroxylation is 1. The summed E-state index contributed by atoms with van der Waals surface area (Å²) in [6.07, 6.45) is 3.12. The lowest BCUT2D eigenvalue weighted by Crippen LogP contribution is -2.22. The summed E-state index contributed by atoms with van der Waals surface area (Å²) in [5.74, 6) is 1.01. The van der Waals surface area contributed by atoms with E-state index < -0.39 is 0 Å². The molecule has 0 aliphatic rings. The predicted octanol–water partition coefficient (Wildman–Crippen LogP) is -0.0862. The number of hydrogen-bond donors (Lipinski definition) is 2. The van der Waals surface area contributed by atoms with E-state index in [0.29, 0.717) is 13.0 Å². The monoisotopic (exact) mass is 225 g/mol. The van der Waals surface area contributed by atoms with Gasteiger partial charge in [-0.1, -0.05) is 0 Å². The van der Waals surface area contributed by atoms with E-state index in [2.05, 4.69) is 27.8 Å². The smallest absolute Gasteiger partial charge is 0.219 e. The molecule has 1 rings (SSSR count). The Hall–Kier alpha value is -1.43. The van der Waals surface area contributed by atoms with Gasteiger partial charge in [0, 0.05) is 20.0 Å². The SMILES string of the molecule is CCn1cnnc1CNCCCC(=O)NC. The minimum absolute atomic E-state index is 0.0820. The fourth-order valence-corrected chi connectivity index (χ4v) is 1.38. The molecule has 0 fully saturated rings. The van der Waals surface area contributed by atoms with E-state index in [1.807, 2.05) is 4.57 Å². The highest BCUT2D eigenvalue weighted by atomic mass is 16.1. The second-order valence-electron chi connectivity index (χ2n) is 3.49. The van der Waals surface area contributed by atoms with Crippen molar-refractivity contribution < 1.29 is 4.79 Å². The predicted molar refractivity (Wildman–Crippen MR) is 60.7 cm³/mol. The van der Waals surface area contributed by atoms with Crippen molar-refractivity contribution in [1.82, 2.24) is 25.4 Å². The fraction of sp³-hybridized carbons (Fsp3) is 0.700. The molecule has 90 valence electrons. The van der Waals surface area contributed by atoms with Gasteiger partial charge in [0.05, 0.1) is 6.54 Å². The van der Waals surface area contributed by atoms with Crippen LogP contribution in [0.1, 0.15) is 25.6 Å². The van der Waals surface area contributed by atoms with Crippen molar-refractivity contribution in [3.05, 3.63) is 12.2 Å². The van der Waals surface area contributed by atoms with Gasteiger partial charge in [-0.2, -0.15) is 0 Å². The Morgan fingerprint density at radius 2 is 2.38 bits per heavy atom. The zero-order chi connectivity index (χ0) is 11.8. The van der Waals surface area contributed by atoms with E-state index >= 15 is 0 Å². The normalized spacial score (nSPS) is 10.4. The number of aromatic nitrogens is 3. The van der Waals surface area contributed by atoms with Crippen LogP contribution in [0.15, 0.2) is 6.33 Å². The molecule has 0 saturated carbocycles. The number of hydrogen-bond acceptors (Lipinski definition) is 4. The molecule has 6 nitrogen and oxygen atoms in total. The summed E-state index contributed by atoms with van der Waals surface area (Å²) in [5.41, 5.74) is 0. The molecule has 0 aliphatic carbocycles. The Kier molecular flexibility index (Phi) is 5.49.